The highest BCUT2D eigenvalue weighted by Crippen LogP contribution is 2.38. The molecule has 5 N–H and O–H groups in total. The number of benzene rings is 6. The summed E-state index contributed by atoms with van der Waals surface area (Å²) in [6.07, 6.45) is 1.52. The summed E-state index contributed by atoms with van der Waals surface area (Å²) in [4.78, 5) is 43.6. The maximum absolute atomic E-state index is 14.7. The van der Waals surface area contributed by atoms with Crippen LogP contribution in [-0.4, -0.2) is 126 Å². The van der Waals surface area contributed by atoms with E-state index in [-0.39, 0.29) is 71.8 Å². The third kappa shape index (κ3) is 12.1. The predicted octanol–water partition coefficient (Wildman–Crippen LogP) is 7.80. The summed E-state index contributed by atoms with van der Waals surface area (Å²) in [5, 5.41) is 45.5. The molecule has 0 bridgehead atoms. The number of nitrogens with zero attached hydrogens (tertiary/aromatic N) is 3. The van der Waals surface area contributed by atoms with Crippen molar-refractivity contribution < 1.29 is 57.5 Å². The molecule has 4 atom stereocenters. The number of ether oxygens (including phenoxy) is 4. The van der Waals surface area contributed by atoms with Crippen LogP contribution in [0.2, 0.25) is 10.0 Å². The molecule has 0 aliphatic carbocycles. The van der Waals surface area contributed by atoms with E-state index in [1.54, 1.807) is 66.7 Å². The second kappa shape index (κ2) is 23.1. The van der Waals surface area contributed by atoms with Crippen LogP contribution < -0.4 is 29.6 Å². The third-order valence-electron chi connectivity index (χ3n) is 13.3. The summed E-state index contributed by atoms with van der Waals surface area (Å²) in [5.41, 5.74) is 0.896. The van der Waals surface area contributed by atoms with E-state index in [1.165, 1.54) is 24.3 Å². The van der Waals surface area contributed by atoms with Gasteiger partial charge in [-0.15, -0.1) is 0 Å². The number of carbonyl (C=O) groups excluding carboxylic acids is 3. The molecular weight excluding hydrogens is 988 g/mol. The van der Waals surface area contributed by atoms with Gasteiger partial charge in [0.25, 0.3) is 11.8 Å². The zero-order valence-corrected chi connectivity index (χ0v) is 41.0. The fourth-order valence-electron chi connectivity index (χ4n) is 9.56. The fraction of sp³-hybridized carbons (Fsp3) is 0.333. The first-order valence-electron chi connectivity index (χ1n) is 24.1. The van der Waals surface area contributed by atoms with Crippen molar-refractivity contribution >= 4 is 68.1 Å². The molecule has 2 saturated heterocycles. The second-order valence-electron chi connectivity index (χ2n) is 18.3. The summed E-state index contributed by atoms with van der Waals surface area (Å²) in [6, 6.07) is 24.5. The lowest BCUT2D eigenvalue weighted by atomic mass is 9.99. The lowest BCUT2D eigenvalue weighted by Crippen LogP contribution is -2.49. The summed E-state index contributed by atoms with van der Waals surface area (Å²) in [6.45, 7) is 4.94. The molecule has 0 radical (unpaired) electrons. The van der Waals surface area contributed by atoms with Crippen LogP contribution in [0, 0.1) is 11.6 Å². The Hall–Kier alpha value is -6.60. The van der Waals surface area contributed by atoms with Crippen molar-refractivity contribution in [3.8, 4) is 23.0 Å². The molecule has 0 saturated carbocycles. The normalized spacial score (nSPS) is 17.3. The van der Waals surface area contributed by atoms with Gasteiger partial charge in [-0.2, -0.15) is 0 Å². The zero-order chi connectivity index (χ0) is 51.2. The molecule has 4 aliphatic heterocycles. The molecule has 6 aromatic rings. The minimum Gasteiger partial charge on any atom is -0.486 e. The minimum absolute atomic E-state index is 0.00472. The van der Waals surface area contributed by atoms with Crippen LogP contribution in [-0.2, 0) is 9.59 Å². The Kier molecular flexibility index (Phi) is 16.2. The molecule has 2 fully saturated rings. The van der Waals surface area contributed by atoms with E-state index in [4.69, 9.17) is 42.1 Å². The van der Waals surface area contributed by atoms with Crippen LogP contribution in [0.5, 0.6) is 23.0 Å². The maximum Gasteiger partial charge on any atom is 0.292 e. The van der Waals surface area contributed by atoms with Gasteiger partial charge in [0, 0.05) is 34.3 Å². The predicted molar refractivity (Wildman–Crippen MR) is 270 cm³/mol. The SMILES string of the molecule is O=C(N[C@H](CN1CCCC1)[C@H](O)c1cc(F)c2c(c1)OCCO2)/C(=N/O)c1ccc2cc(Cl)ccc2c1.O=C(N[C@H](CN1CCCC1)[C@H](O)c1cc(F)c2c(c1)OCCO2)C(=O)c1ccc2cc(Cl)ccc2c1. The van der Waals surface area contributed by atoms with Crippen LogP contribution in [0.25, 0.3) is 21.5 Å². The average molecular weight is 1040 g/mol. The molecule has 0 spiro atoms. The van der Waals surface area contributed by atoms with Crippen molar-refractivity contribution in [3.05, 3.63) is 141 Å². The molecule has 382 valence electrons. The van der Waals surface area contributed by atoms with Gasteiger partial charge in [-0.3, -0.25) is 14.4 Å². The molecule has 2 amide bonds. The highest BCUT2D eigenvalue weighted by atomic mass is 35.5. The van der Waals surface area contributed by atoms with Crippen molar-refractivity contribution in [2.24, 2.45) is 5.16 Å². The molecule has 15 nitrogen and oxygen atoms in total. The largest absolute Gasteiger partial charge is 0.486 e. The van der Waals surface area contributed by atoms with E-state index in [1.807, 2.05) is 6.07 Å². The molecule has 73 heavy (non-hydrogen) atoms. The van der Waals surface area contributed by atoms with E-state index in [0.29, 0.717) is 28.7 Å². The first-order valence-corrected chi connectivity index (χ1v) is 24.8. The number of ketones is 1. The highest BCUT2D eigenvalue weighted by molar-refractivity contribution is 6.45. The number of hydrogen-bond donors (Lipinski definition) is 5. The van der Waals surface area contributed by atoms with E-state index in [0.717, 1.165) is 73.4 Å². The maximum atomic E-state index is 14.7. The highest BCUT2D eigenvalue weighted by Gasteiger charge is 2.33. The summed E-state index contributed by atoms with van der Waals surface area (Å²) in [5.74, 6) is -3.11. The van der Waals surface area contributed by atoms with Crippen LogP contribution >= 0.6 is 23.2 Å². The molecule has 6 aromatic carbocycles. The molecule has 4 heterocycles. The Balaban J connectivity index is 0.000000180. The van der Waals surface area contributed by atoms with Crippen molar-refractivity contribution in [2.75, 3.05) is 65.7 Å². The second-order valence-corrected chi connectivity index (χ2v) is 19.2. The Morgan fingerprint density at radius 2 is 0.973 bits per heavy atom. The van der Waals surface area contributed by atoms with Gasteiger partial charge in [0.2, 0.25) is 5.78 Å². The van der Waals surface area contributed by atoms with Crippen molar-refractivity contribution in [2.45, 2.75) is 50.0 Å². The van der Waals surface area contributed by atoms with Gasteiger partial charge < -0.3 is 54.8 Å². The van der Waals surface area contributed by atoms with Crippen LogP contribution in [0.3, 0.4) is 0 Å². The minimum atomic E-state index is -1.27. The Bertz CT molecular complexity index is 3060. The van der Waals surface area contributed by atoms with Crippen molar-refractivity contribution in [3.63, 3.8) is 0 Å². The van der Waals surface area contributed by atoms with Crippen LogP contribution in [0.15, 0.2) is 102 Å². The molecule has 19 heteroatoms. The number of likely N-dealkylation sites (tertiary alicyclic amines) is 2. The molecule has 0 aromatic heterocycles. The summed E-state index contributed by atoms with van der Waals surface area (Å²) in [7, 11) is 0. The number of aliphatic hydroxyl groups is 2. The van der Waals surface area contributed by atoms with Gasteiger partial charge in [-0.05, 0) is 145 Å². The lowest BCUT2D eigenvalue weighted by molar-refractivity contribution is -0.118. The quantitative estimate of drug-likeness (QED) is 0.0234. The van der Waals surface area contributed by atoms with Gasteiger partial charge in [-0.1, -0.05) is 64.8 Å². The van der Waals surface area contributed by atoms with E-state index in [9.17, 15) is 38.6 Å². The first-order chi connectivity index (χ1) is 35.3. The van der Waals surface area contributed by atoms with E-state index < -0.39 is 53.5 Å². The number of fused-ring (bicyclic) bond motifs is 4. The fourth-order valence-corrected chi connectivity index (χ4v) is 9.92. The smallest absolute Gasteiger partial charge is 0.292 e. The van der Waals surface area contributed by atoms with Crippen molar-refractivity contribution in [1.29, 1.82) is 0 Å². The standard InChI is InChI=1S/C27H27ClFN3O5.C27H26ClFN2O5/c28-20-6-5-16-11-18(4-3-17(16)12-20)24(31-35)27(34)30-22(15-32-7-1-2-8-32)25(33)19-13-21(29)26-23(14-19)36-9-10-37-26;28-20-6-5-16-11-18(4-3-17(16)12-20)25(33)27(34)30-22(15-31-7-1-2-8-31)24(32)19-13-21(29)26-23(14-19)35-9-10-36-26/h3-6,11-14,22,25,33,35H,1-2,7-10,15H2,(H,30,34);3-6,11-14,22,24,32H,1-2,7-10,15H2,(H,30,34)/b31-24+;/t22-,25-;22-,24-/m11/s1. The van der Waals surface area contributed by atoms with Crippen molar-refractivity contribution in [1.82, 2.24) is 20.4 Å². The molecule has 4 aliphatic rings. The average Bonchev–Trinajstić information content (AvgIpc) is 4.13. The number of amides is 2. The Morgan fingerprint density at radius 1 is 0.562 bits per heavy atom. The summed E-state index contributed by atoms with van der Waals surface area (Å²) >= 11 is 12.1. The lowest BCUT2D eigenvalue weighted by Gasteiger charge is -2.29. The number of nitrogens with one attached hydrogen (secondary N) is 2. The monoisotopic (exact) mass is 1040 g/mol. The van der Waals surface area contributed by atoms with Gasteiger partial charge in [0.05, 0.1) is 12.1 Å². The Labute approximate surface area is 429 Å². The van der Waals surface area contributed by atoms with Crippen LogP contribution in [0.1, 0.15) is 64.9 Å². The molecular formula is C54H53Cl2F2N5O10. The van der Waals surface area contributed by atoms with Crippen LogP contribution in [0.4, 0.5) is 8.78 Å². The molecule has 0 unspecified atom stereocenters. The zero-order valence-electron chi connectivity index (χ0n) is 39.5. The van der Waals surface area contributed by atoms with Gasteiger partial charge in [0.15, 0.2) is 40.3 Å². The number of hydrogen-bond acceptors (Lipinski definition) is 13. The summed E-state index contributed by atoms with van der Waals surface area (Å²) < 4.78 is 51.0. The van der Waals surface area contributed by atoms with E-state index >= 15 is 0 Å². The molecule has 10 rings (SSSR count). The van der Waals surface area contributed by atoms with Gasteiger partial charge in [0.1, 0.15) is 38.6 Å². The topological polar surface area (TPSA) is 192 Å². The number of aliphatic hydroxyl groups excluding tert-OH is 2. The number of Topliss-reactive ketones (excluding diaryl/α,β-unsaturated/α-hetero) is 1. The Morgan fingerprint density at radius 3 is 1.45 bits per heavy atom. The number of rotatable bonds is 14. The van der Waals surface area contributed by atoms with Gasteiger partial charge >= 0.3 is 0 Å². The van der Waals surface area contributed by atoms with Gasteiger partial charge in [-0.25, -0.2) is 8.78 Å². The van der Waals surface area contributed by atoms with E-state index in [2.05, 4.69) is 25.6 Å². The third-order valence-corrected chi connectivity index (χ3v) is 13.8. The number of carbonyl (C=O) groups is 3. The number of oxime groups is 1. The number of halogens is 4. The first kappa shape index (κ1) is 51.3.